The van der Waals surface area contributed by atoms with Gasteiger partial charge in [0.25, 0.3) is 5.91 Å². The summed E-state index contributed by atoms with van der Waals surface area (Å²) in [6.07, 6.45) is 3.45. The molecule has 0 unspecified atom stereocenters. The van der Waals surface area contributed by atoms with Crippen molar-refractivity contribution >= 4 is 15.9 Å². The average Bonchev–Trinajstić information content (AvgIpc) is 2.58. The van der Waals surface area contributed by atoms with Crippen LogP contribution in [0.1, 0.15) is 36.5 Å². The van der Waals surface area contributed by atoms with Gasteiger partial charge in [-0.25, -0.2) is 12.7 Å². The number of rotatable bonds is 7. The summed E-state index contributed by atoms with van der Waals surface area (Å²) in [6.45, 7) is 6.14. The highest BCUT2D eigenvalue weighted by Gasteiger charge is 2.19. The number of carbonyl (C=O) groups is 1. The number of sulfonamides is 1. The van der Waals surface area contributed by atoms with Crippen LogP contribution in [0.5, 0.6) is 0 Å². The first-order valence-electron chi connectivity index (χ1n) is 8.84. The number of hydrogen-bond acceptors (Lipinski definition) is 4. The van der Waals surface area contributed by atoms with Crippen molar-refractivity contribution in [1.29, 1.82) is 0 Å². The van der Waals surface area contributed by atoms with Crippen LogP contribution in [0.25, 0.3) is 0 Å². The Morgan fingerprint density at radius 2 is 2.12 bits per heavy atom. The minimum absolute atomic E-state index is 0.132. The van der Waals surface area contributed by atoms with E-state index in [2.05, 4.69) is 17.1 Å². The van der Waals surface area contributed by atoms with Crippen molar-refractivity contribution in [2.45, 2.75) is 31.1 Å². The molecule has 7 heteroatoms. The second-order valence-corrected chi connectivity index (χ2v) is 9.12. The van der Waals surface area contributed by atoms with Crippen LogP contribution in [0.2, 0.25) is 0 Å². The first kappa shape index (κ1) is 19.9. The number of nitrogens with one attached hydrogen (secondary N) is 1. The van der Waals surface area contributed by atoms with Crippen molar-refractivity contribution in [3.63, 3.8) is 0 Å². The second kappa shape index (κ2) is 8.78. The molecule has 0 radical (unpaired) electrons. The van der Waals surface area contributed by atoms with Crippen LogP contribution in [0, 0.1) is 5.92 Å². The van der Waals surface area contributed by atoms with E-state index in [1.807, 2.05) is 0 Å². The quantitative estimate of drug-likeness (QED) is 0.746. The van der Waals surface area contributed by atoms with Crippen molar-refractivity contribution in [3.05, 3.63) is 29.8 Å². The third-order valence-electron chi connectivity index (χ3n) is 4.55. The number of piperidine rings is 1. The molecule has 2 rings (SSSR count). The van der Waals surface area contributed by atoms with E-state index in [1.54, 1.807) is 12.1 Å². The molecule has 1 aliphatic rings. The molecule has 1 aromatic carbocycles. The molecule has 0 aromatic heterocycles. The van der Waals surface area contributed by atoms with Crippen molar-refractivity contribution < 1.29 is 13.2 Å². The Morgan fingerprint density at radius 3 is 2.80 bits per heavy atom. The number of hydrogen-bond donors (Lipinski definition) is 1. The summed E-state index contributed by atoms with van der Waals surface area (Å²) >= 11 is 0. The van der Waals surface area contributed by atoms with Crippen LogP contribution in [0.4, 0.5) is 0 Å². The first-order chi connectivity index (χ1) is 11.8. The largest absolute Gasteiger partial charge is 0.352 e. The average molecular weight is 368 g/mol. The third kappa shape index (κ3) is 5.52. The van der Waals surface area contributed by atoms with Gasteiger partial charge in [0.15, 0.2) is 0 Å². The monoisotopic (exact) mass is 367 g/mol. The fourth-order valence-electron chi connectivity index (χ4n) is 3.11. The summed E-state index contributed by atoms with van der Waals surface area (Å²) < 4.78 is 25.5. The summed E-state index contributed by atoms with van der Waals surface area (Å²) in [5, 5.41) is 2.88. The molecule has 25 heavy (non-hydrogen) atoms. The Morgan fingerprint density at radius 1 is 1.36 bits per heavy atom. The highest BCUT2D eigenvalue weighted by molar-refractivity contribution is 7.89. The van der Waals surface area contributed by atoms with Crippen LogP contribution < -0.4 is 5.32 Å². The lowest BCUT2D eigenvalue weighted by Crippen LogP contribution is -2.36. The topological polar surface area (TPSA) is 69.7 Å². The molecular formula is C18H29N3O3S. The number of carbonyl (C=O) groups excluding carboxylic acids is 1. The highest BCUT2D eigenvalue weighted by atomic mass is 32.2. The zero-order chi connectivity index (χ0) is 18.4. The summed E-state index contributed by atoms with van der Waals surface area (Å²) in [4.78, 5) is 14.8. The Balaban J connectivity index is 1.85. The molecule has 1 aromatic rings. The summed E-state index contributed by atoms with van der Waals surface area (Å²) in [5.41, 5.74) is 0.370. The van der Waals surface area contributed by atoms with Gasteiger partial charge in [-0.15, -0.1) is 0 Å². The molecule has 1 heterocycles. The summed E-state index contributed by atoms with van der Waals surface area (Å²) in [6, 6.07) is 6.16. The molecule has 140 valence electrons. The number of benzene rings is 1. The van der Waals surface area contributed by atoms with Crippen LogP contribution in [-0.2, 0) is 10.0 Å². The van der Waals surface area contributed by atoms with Gasteiger partial charge in [0, 0.05) is 32.7 Å². The predicted octanol–water partition coefficient (Wildman–Crippen LogP) is 1.79. The Bertz CT molecular complexity index is 689. The zero-order valence-corrected chi connectivity index (χ0v) is 16.2. The maximum absolute atomic E-state index is 12.3. The van der Waals surface area contributed by atoms with Gasteiger partial charge in [-0.1, -0.05) is 13.0 Å². The van der Waals surface area contributed by atoms with E-state index < -0.39 is 10.0 Å². The molecule has 1 amide bonds. The standard InChI is InChI=1S/C18H29N3O3S/c1-15-7-5-11-21(14-15)12-6-10-19-18(22)16-8-4-9-17(13-16)25(23,24)20(2)3/h4,8-9,13,15H,5-7,10-12,14H2,1-3H3,(H,19,22)/t15-/m0/s1. The molecule has 1 saturated heterocycles. The van der Waals surface area contributed by atoms with Crippen LogP contribution in [0.3, 0.4) is 0 Å². The Hall–Kier alpha value is -1.44. The lowest BCUT2D eigenvalue weighted by atomic mass is 10.0. The summed E-state index contributed by atoms with van der Waals surface area (Å²) in [7, 11) is -0.580. The third-order valence-corrected chi connectivity index (χ3v) is 6.36. The van der Waals surface area contributed by atoms with E-state index in [4.69, 9.17) is 0 Å². The minimum Gasteiger partial charge on any atom is -0.352 e. The van der Waals surface area contributed by atoms with Crippen molar-refractivity contribution in [2.75, 3.05) is 40.3 Å². The molecule has 1 fully saturated rings. The normalized spacial score (nSPS) is 19.1. The van der Waals surface area contributed by atoms with Gasteiger partial charge in [-0.05, 0) is 56.5 Å². The fourth-order valence-corrected chi connectivity index (χ4v) is 4.05. The Labute approximate surface area is 151 Å². The van der Waals surface area contributed by atoms with Crippen molar-refractivity contribution in [3.8, 4) is 0 Å². The SMILES string of the molecule is C[C@H]1CCCN(CCCNC(=O)c2cccc(S(=O)(=O)N(C)C)c2)C1. The molecule has 0 aliphatic carbocycles. The molecule has 1 atom stereocenters. The molecule has 0 spiro atoms. The molecule has 0 saturated carbocycles. The van der Waals surface area contributed by atoms with Gasteiger partial charge < -0.3 is 10.2 Å². The predicted molar refractivity (Wildman–Crippen MR) is 99.1 cm³/mol. The van der Waals surface area contributed by atoms with E-state index in [-0.39, 0.29) is 10.8 Å². The van der Waals surface area contributed by atoms with Gasteiger partial charge in [0.1, 0.15) is 0 Å². The fraction of sp³-hybridized carbons (Fsp3) is 0.611. The van der Waals surface area contributed by atoms with Gasteiger partial charge in [-0.2, -0.15) is 0 Å². The molecule has 0 bridgehead atoms. The number of amides is 1. The van der Waals surface area contributed by atoms with Gasteiger partial charge in [0.2, 0.25) is 10.0 Å². The molecular weight excluding hydrogens is 338 g/mol. The maximum atomic E-state index is 12.3. The van der Waals surface area contributed by atoms with E-state index >= 15 is 0 Å². The number of nitrogens with zero attached hydrogens (tertiary/aromatic N) is 2. The van der Waals surface area contributed by atoms with E-state index in [0.717, 1.165) is 36.3 Å². The van der Waals surface area contributed by atoms with Crippen molar-refractivity contribution in [2.24, 2.45) is 5.92 Å². The minimum atomic E-state index is -3.53. The zero-order valence-electron chi connectivity index (χ0n) is 15.4. The smallest absolute Gasteiger partial charge is 0.251 e. The molecule has 6 nitrogen and oxygen atoms in total. The Kier molecular flexibility index (Phi) is 6.98. The molecule has 1 aliphatic heterocycles. The lowest BCUT2D eigenvalue weighted by molar-refractivity contribution is 0.0950. The second-order valence-electron chi connectivity index (χ2n) is 6.97. The van der Waals surface area contributed by atoms with E-state index in [9.17, 15) is 13.2 Å². The van der Waals surface area contributed by atoms with Crippen LogP contribution in [-0.4, -0.2) is 63.8 Å². The lowest BCUT2D eigenvalue weighted by Gasteiger charge is -2.30. The number of likely N-dealkylation sites (tertiary alicyclic amines) is 1. The van der Waals surface area contributed by atoms with Gasteiger partial charge >= 0.3 is 0 Å². The summed E-state index contributed by atoms with van der Waals surface area (Å²) in [5.74, 6) is 0.521. The van der Waals surface area contributed by atoms with Crippen molar-refractivity contribution in [1.82, 2.24) is 14.5 Å². The van der Waals surface area contributed by atoms with E-state index in [0.29, 0.717) is 12.1 Å². The van der Waals surface area contributed by atoms with Crippen LogP contribution in [0.15, 0.2) is 29.2 Å². The van der Waals surface area contributed by atoms with Gasteiger partial charge in [-0.3, -0.25) is 4.79 Å². The first-order valence-corrected chi connectivity index (χ1v) is 10.3. The van der Waals surface area contributed by atoms with Gasteiger partial charge in [0.05, 0.1) is 4.90 Å². The molecule has 1 N–H and O–H groups in total. The maximum Gasteiger partial charge on any atom is 0.251 e. The van der Waals surface area contributed by atoms with Crippen LogP contribution >= 0.6 is 0 Å². The van der Waals surface area contributed by atoms with E-state index in [1.165, 1.54) is 39.1 Å². The highest BCUT2D eigenvalue weighted by Crippen LogP contribution is 2.16.